The number of H-pyrrole nitrogens is 1. The molecule has 2 N–H and O–H groups in total. The van der Waals surface area contributed by atoms with Crippen LogP contribution in [0.25, 0.3) is 10.9 Å². The molecule has 5 heteroatoms. The minimum atomic E-state index is -0.801. The van der Waals surface area contributed by atoms with Gasteiger partial charge in [0.2, 0.25) is 0 Å². The number of nitrogens with zero attached hydrogens (tertiary/aromatic N) is 1. The number of aromatic nitrogens is 1. The Morgan fingerprint density at radius 3 is 2.83 bits per heavy atom. The summed E-state index contributed by atoms with van der Waals surface area (Å²) in [6, 6.07) is 5.68. The van der Waals surface area contributed by atoms with Crippen LogP contribution in [-0.2, 0) is 16.6 Å². The lowest BCUT2D eigenvalue weighted by Gasteiger charge is -2.37. The van der Waals surface area contributed by atoms with Crippen LogP contribution in [0, 0.1) is 4.91 Å². The van der Waals surface area contributed by atoms with Gasteiger partial charge in [-0.2, -0.15) is 4.91 Å². The molecule has 1 aromatic heterocycles. The molecule has 23 heavy (non-hydrogen) atoms. The number of fused-ring (bicyclic) bond motifs is 3. The summed E-state index contributed by atoms with van der Waals surface area (Å²) in [7, 11) is 0. The molecule has 0 bridgehead atoms. The molecule has 1 aromatic carbocycles. The van der Waals surface area contributed by atoms with Crippen LogP contribution in [0.1, 0.15) is 62.4 Å². The third-order valence-electron chi connectivity index (χ3n) is 5.39. The van der Waals surface area contributed by atoms with Gasteiger partial charge in [0, 0.05) is 27.6 Å². The monoisotopic (exact) mass is 314 g/mol. The number of benzene rings is 1. The van der Waals surface area contributed by atoms with Crippen LogP contribution < -0.4 is 0 Å². The maximum atomic E-state index is 11.4. The van der Waals surface area contributed by atoms with E-state index in [1.807, 2.05) is 19.1 Å². The Labute approximate surface area is 135 Å². The van der Waals surface area contributed by atoms with Crippen molar-refractivity contribution in [2.45, 2.75) is 57.4 Å². The second-order valence-corrected chi connectivity index (χ2v) is 6.47. The van der Waals surface area contributed by atoms with Crippen molar-refractivity contribution in [2.24, 2.45) is 5.18 Å². The fourth-order valence-electron chi connectivity index (χ4n) is 4.09. The summed E-state index contributed by atoms with van der Waals surface area (Å²) < 4.78 is 0. The highest BCUT2D eigenvalue weighted by Gasteiger charge is 2.43. The molecule has 0 saturated heterocycles. The predicted octanol–water partition coefficient (Wildman–Crippen LogP) is 4.45. The van der Waals surface area contributed by atoms with Crippen molar-refractivity contribution in [1.29, 1.82) is 0 Å². The van der Waals surface area contributed by atoms with E-state index in [-0.39, 0.29) is 12.5 Å². The molecular weight excluding hydrogens is 292 g/mol. The molecule has 2 unspecified atom stereocenters. The van der Waals surface area contributed by atoms with Crippen molar-refractivity contribution in [2.75, 3.05) is 0 Å². The van der Waals surface area contributed by atoms with Gasteiger partial charge in [0.05, 0.1) is 6.42 Å². The first kappa shape index (κ1) is 15.7. The normalized spacial score (nSPS) is 23.7. The zero-order valence-corrected chi connectivity index (χ0v) is 13.6. The van der Waals surface area contributed by atoms with E-state index in [9.17, 15) is 14.8 Å². The number of aliphatic carboxylic acids is 1. The van der Waals surface area contributed by atoms with Crippen molar-refractivity contribution < 1.29 is 9.90 Å². The van der Waals surface area contributed by atoms with Crippen LogP contribution in [0.4, 0.5) is 0 Å². The summed E-state index contributed by atoms with van der Waals surface area (Å²) in [5.74, 6) is -0.801. The lowest BCUT2D eigenvalue weighted by Crippen LogP contribution is -2.34. The highest BCUT2D eigenvalue weighted by molar-refractivity contribution is 5.89. The van der Waals surface area contributed by atoms with Crippen LogP contribution in [0.5, 0.6) is 0 Å². The molecule has 2 atom stereocenters. The highest BCUT2D eigenvalue weighted by Crippen LogP contribution is 2.49. The SMILES string of the molecule is CCc1cccc2c3c([nH]c12)C(CC)(CC(=O)O)CCC3N=O. The van der Waals surface area contributed by atoms with E-state index in [1.54, 1.807) is 0 Å². The number of rotatable bonds is 5. The third kappa shape index (κ3) is 2.35. The van der Waals surface area contributed by atoms with E-state index < -0.39 is 11.4 Å². The smallest absolute Gasteiger partial charge is 0.304 e. The van der Waals surface area contributed by atoms with Crippen molar-refractivity contribution in [3.05, 3.63) is 39.9 Å². The highest BCUT2D eigenvalue weighted by atomic mass is 16.4. The molecule has 5 nitrogen and oxygen atoms in total. The zero-order valence-electron chi connectivity index (χ0n) is 13.6. The van der Waals surface area contributed by atoms with E-state index in [1.165, 1.54) is 5.56 Å². The second-order valence-electron chi connectivity index (χ2n) is 6.47. The molecule has 2 aromatic rings. The lowest BCUT2D eigenvalue weighted by molar-refractivity contribution is -0.138. The van der Waals surface area contributed by atoms with Crippen LogP contribution in [-0.4, -0.2) is 16.1 Å². The average Bonchev–Trinajstić information content (AvgIpc) is 2.95. The summed E-state index contributed by atoms with van der Waals surface area (Å²) in [6.07, 6.45) is 2.98. The largest absolute Gasteiger partial charge is 0.481 e. The molecule has 1 aliphatic rings. The Morgan fingerprint density at radius 1 is 1.43 bits per heavy atom. The molecule has 1 aliphatic carbocycles. The summed E-state index contributed by atoms with van der Waals surface area (Å²) in [4.78, 5) is 26.3. The quantitative estimate of drug-likeness (QED) is 0.800. The Bertz CT molecular complexity index is 765. The van der Waals surface area contributed by atoms with Gasteiger partial charge >= 0.3 is 5.97 Å². The number of carboxylic acids is 1. The molecule has 3 rings (SSSR count). The maximum absolute atomic E-state index is 11.4. The predicted molar refractivity (Wildman–Crippen MR) is 89.7 cm³/mol. The average molecular weight is 314 g/mol. The molecule has 0 amide bonds. The van der Waals surface area contributed by atoms with Gasteiger partial charge in [0.25, 0.3) is 0 Å². The minimum Gasteiger partial charge on any atom is -0.481 e. The number of hydrogen-bond donors (Lipinski definition) is 2. The number of carbonyl (C=O) groups is 1. The summed E-state index contributed by atoms with van der Waals surface area (Å²) in [5, 5.41) is 13.7. The Hall–Kier alpha value is -2.17. The van der Waals surface area contributed by atoms with Gasteiger partial charge in [0.1, 0.15) is 6.04 Å². The van der Waals surface area contributed by atoms with E-state index in [0.717, 1.165) is 35.0 Å². The Morgan fingerprint density at radius 2 is 2.22 bits per heavy atom. The lowest BCUT2D eigenvalue weighted by atomic mass is 9.68. The van der Waals surface area contributed by atoms with Crippen LogP contribution in [0.15, 0.2) is 23.4 Å². The van der Waals surface area contributed by atoms with E-state index in [0.29, 0.717) is 12.8 Å². The zero-order chi connectivity index (χ0) is 16.6. The molecule has 0 radical (unpaired) electrons. The molecule has 0 spiro atoms. The first-order valence-electron chi connectivity index (χ1n) is 8.24. The van der Waals surface area contributed by atoms with Crippen LogP contribution in [0.3, 0.4) is 0 Å². The first-order chi connectivity index (χ1) is 11.1. The van der Waals surface area contributed by atoms with Crippen molar-refractivity contribution in [1.82, 2.24) is 4.98 Å². The van der Waals surface area contributed by atoms with Gasteiger partial charge < -0.3 is 10.1 Å². The van der Waals surface area contributed by atoms with Crippen LogP contribution in [0.2, 0.25) is 0 Å². The summed E-state index contributed by atoms with van der Waals surface area (Å²) >= 11 is 0. The summed E-state index contributed by atoms with van der Waals surface area (Å²) in [6.45, 7) is 4.11. The van der Waals surface area contributed by atoms with Gasteiger partial charge in [0.15, 0.2) is 0 Å². The molecular formula is C18H22N2O3. The topological polar surface area (TPSA) is 82.5 Å². The van der Waals surface area contributed by atoms with Crippen LogP contribution >= 0.6 is 0 Å². The number of aromatic amines is 1. The third-order valence-corrected chi connectivity index (χ3v) is 5.39. The number of carboxylic acid groups (broad SMARTS) is 1. The van der Waals surface area contributed by atoms with Gasteiger partial charge in [-0.05, 0) is 31.2 Å². The van der Waals surface area contributed by atoms with Crippen molar-refractivity contribution >= 4 is 16.9 Å². The molecule has 122 valence electrons. The van der Waals surface area contributed by atoms with E-state index >= 15 is 0 Å². The standard InChI is InChI=1S/C18H22N2O3/c1-3-11-6-5-7-12-15-13(20-23)8-9-18(4-2,10-14(21)22)17(15)19-16(11)12/h5-7,13,19H,3-4,8-10H2,1-2H3,(H,21,22). The molecule has 0 saturated carbocycles. The number of hydrogen-bond acceptors (Lipinski definition) is 3. The fourth-order valence-corrected chi connectivity index (χ4v) is 4.09. The first-order valence-corrected chi connectivity index (χ1v) is 8.24. The number of nitrogens with one attached hydrogen (secondary N) is 1. The Balaban J connectivity index is 2.31. The molecule has 0 aliphatic heterocycles. The Kier molecular flexibility index (Phi) is 3.96. The molecule has 1 heterocycles. The number of aryl methyl sites for hydroxylation is 1. The fraction of sp³-hybridized carbons (Fsp3) is 0.500. The van der Waals surface area contributed by atoms with Crippen molar-refractivity contribution in [3.8, 4) is 0 Å². The van der Waals surface area contributed by atoms with Gasteiger partial charge in [-0.1, -0.05) is 37.2 Å². The van der Waals surface area contributed by atoms with Gasteiger partial charge in [-0.25, -0.2) is 0 Å². The van der Waals surface area contributed by atoms with Gasteiger partial charge in [-0.15, -0.1) is 0 Å². The maximum Gasteiger partial charge on any atom is 0.304 e. The second kappa shape index (κ2) is 5.80. The minimum absolute atomic E-state index is 0.0797. The van der Waals surface area contributed by atoms with Crippen molar-refractivity contribution in [3.63, 3.8) is 0 Å². The summed E-state index contributed by atoms with van der Waals surface area (Å²) in [5.41, 5.74) is 3.60. The van der Waals surface area contributed by atoms with E-state index in [4.69, 9.17) is 0 Å². The number of nitroso groups, excluding NO2 is 1. The van der Waals surface area contributed by atoms with E-state index in [2.05, 4.69) is 23.2 Å². The van der Waals surface area contributed by atoms with Gasteiger partial charge in [-0.3, -0.25) is 4.79 Å². The molecule has 0 fully saturated rings. The number of para-hydroxylation sites is 1.